The number of nitrogens with one attached hydrogen (secondary N) is 2. The Bertz CT molecular complexity index is 655. The molecular weight excluding hydrogens is 250 g/mol. The van der Waals surface area contributed by atoms with E-state index >= 15 is 0 Å². The molecular formula is C12H15N3O4. The number of furan rings is 1. The van der Waals surface area contributed by atoms with E-state index in [1.54, 1.807) is 6.92 Å². The number of fused-ring (bicyclic) bond motifs is 1. The van der Waals surface area contributed by atoms with Crippen LogP contribution in [0.1, 0.15) is 29.5 Å². The fraction of sp³-hybridized carbons (Fsp3) is 0.417. The van der Waals surface area contributed by atoms with Gasteiger partial charge in [-0.05, 0) is 13.3 Å². The van der Waals surface area contributed by atoms with Crippen molar-refractivity contribution >= 4 is 17.0 Å². The van der Waals surface area contributed by atoms with Crippen LogP contribution in [0, 0.1) is 6.92 Å². The molecule has 7 heteroatoms. The lowest BCUT2D eigenvalue weighted by molar-refractivity contribution is 0.0915. The zero-order valence-electron chi connectivity index (χ0n) is 10.7. The summed E-state index contributed by atoms with van der Waals surface area (Å²) < 4.78 is 5.30. The van der Waals surface area contributed by atoms with Gasteiger partial charge in [-0.25, -0.2) is 4.98 Å². The number of H-pyrrole nitrogens is 1. The molecule has 0 aliphatic carbocycles. The lowest BCUT2D eigenvalue weighted by atomic mass is 10.1. The molecule has 2 heterocycles. The summed E-state index contributed by atoms with van der Waals surface area (Å²) in [7, 11) is 0. The number of aryl methyl sites for hydroxylation is 1. The third-order valence-corrected chi connectivity index (χ3v) is 2.95. The quantitative estimate of drug-likeness (QED) is 0.738. The van der Waals surface area contributed by atoms with E-state index in [2.05, 4.69) is 15.3 Å². The average molecular weight is 265 g/mol. The molecule has 0 unspecified atom stereocenters. The Hall–Kier alpha value is -2.15. The number of hydrogen-bond donors (Lipinski definition) is 3. The Morgan fingerprint density at radius 2 is 2.37 bits per heavy atom. The van der Waals surface area contributed by atoms with Gasteiger partial charge in [-0.2, -0.15) is 0 Å². The summed E-state index contributed by atoms with van der Waals surface area (Å²) in [6.07, 6.45) is 1.81. The fourth-order valence-corrected chi connectivity index (χ4v) is 1.86. The van der Waals surface area contributed by atoms with E-state index in [9.17, 15) is 9.59 Å². The highest BCUT2D eigenvalue weighted by Crippen LogP contribution is 2.20. The van der Waals surface area contributed by atoms with Crippen LogP contribution in [0.3, 0.4) is 0 Å². The van der Waals surface area contributed by atoms with Crippen LogP contribution in [0.15, 0.2) is 15.5 Å². The van der Waals surface area contributed by atoms with Crippen LogP contribution < -0.4 is 10.9 Å². The van der Waals surface area contributed by atoms with Gasteiger partial charge in [0.15, 0.2) is 0 Å². The number of aliphatic hydroxyl groups is 1. The lowest BCUT2D eigenvalue weighted by Gasteiger charge is -2.13. The number of amides is 1. The molecule has 3 N–H and O–H groups in total. The molecule has 102 valence electrons. The van der Waals surface area contributed by atoms with Crippen molar-refractivity contribution in [2.24, 2.45) is 0 Å². The molecule has 0 aliphatic heterocycles. The van der Waals surface area contributed by atoms with Gasteiger partial charge < -0.3 is 19.8 Å². The maximum atomic E-state index is 12.2. The number of aromatic nitrogens is 2. The first-order valence-electron chi connectivity index (χ1n) is 5.97. The van der Waals surface area contributed by atoms with Crippen LogP contribution in [0.5, 0.6) is 0 Å². The second-order valence-corrected chi connectivity index (χ2v) is 4.21. The first-order valence-corrected chi connectivity index (χ1v) is 5.97. The van der Waals surface area contributed by atoms with Gasteiger partial charge in [0.25, 0.3) is 11.5 Å². The summed E-state index contributed by atoms with van der Waals surface area (Å²) in [5.41, 5.74) is -0.135. The molecule has 0 fully saturated rings. The molecule has 7 nitrogen and oxygen atoms in total. The Balaban J connectivity index is 2.47. The molecule has 19 heavy (non-hydrogen) atoms. The number of carbonyl (C=O) groups is 1. The van der Waals surface area contributed by atoms with Crippen LogP contribution >= 0.6 is 0 Å². The van der Waals surface area contributed by atoms with E-state index in [0.717, 1.165) is 0 Å². The average Bonchev–Trinajstić information content (AvgIpc) is 2.73. The van der Waals surface area contributed by atoms with Gasteiger partial charge in [-0.3, -0.25) is 9.59 Å². The van der Waals surface area contributed by atoms with Crippen LogP contribution in [0.4, 0.5) is 0 Å². The zero-order chi connectivity index (χ0) is 14.0. The Kier molecular flexibility index (Phi) is 3.66. The second-order valence-electron chi connectivity index (χ2n) is 4.21. The summed E-state index contributed by atoms with van der Waals surface area (Å²) in [6, 6.07) is -0.354. The maximum Gasteiger partial charge on any atom is 0.262 e. The first-order chi connectivity index (χ1) is 9.08. The zero-order valence-corrected chi connectivity index (χ0v) is 10.7. The Labute approximate surface area is 108 Å². The second kappa shape index (κ2) is 5.23. The van der Waals surface area contributed by atoms with Gasteiger partial charge in [-0.1, -0.05) is 6.92 Å². The molecule has 1 amide bonds. The van der Waals surface area contributed by atoms with Crippen molar-refractivity contribution in [3.05, 3.63) is 28.0 Å². The fourth-order valence-electron chi connectivity index (χ4n) is 1.86. The molecule has 0 radical (unpaired) electrons. The Morgan fingerprint density at radius 3 is 3.00 bits per heavy atom. The monoisotopic (exact) mass is 265 g/mol. The molecule has 2 aromatic heterocycles. The minimum Gasteiger partial charge on any atom is -0.442 e. The summed E-state index contributed by atoms with van der Waals surface area (Å²) in [5.74, 6) is -0.125. The third-order valence-electron chi connectivity index (χ3n) is 2.95. The van der Waals surface area contributed by atoms with Crippen LogP contribution in [-0.4, -0.2) is 33.6 Å². The maximum absolute atomic E-state index is 12.2. The van der Waals surface area contributed by atoms with Crippen molar-refractivity contribution in [3.63, 3.8) is 0 Å². The molecule has 0 aliphatic rings. The molecule has 0 saturated heterocycles. The van der Waals surface area contributed by atoms with Crippen molar-refractivity contribution in [1.82, 2.24) is 15.3 Å². The van der Waals surface area contributed by atoms with E-state index < -0.39 is 11.5 Å². The molecule has 0 bridgehead atoms. The normalized spacial score (nSPS) is 12.6. The summed E-state index contributed by atoms with van der Waals surface area (Å²) in [6.45, 7) is 3.28. The number of rotatable bonds is 4. The molecule has 2 aromatic rings. The van der Waals surface area contributed by atoms with Gasteiger partial charge >= 0.3 is 0 Å². The minimum atomic E-state index is -0.448. The predicted molar refractivity (Wildman–Crippen MR) is 68.0 cm³/mol. The number of aliphatic hydroxyl groups excluding tert-OH is 1. The van der Waals surface area contributed by atoms with Crippen molar-refractivity contribution in [2.75, 3.05) is 6.61 Å². The van der Waals surface area contributed by atoms with E-state index in [-0.39, 0.29) is 29.3 Å². The smallest absolute Gasteiger partial charge is 0.262 e. The lowest BCUT2D eigenvalue weighted by Crippen LogP contribution is -2.37. The highest BCUT2D eigenvalue weighted by atomic mass is 16.3. The van der Waals surface area contributed by atoms with Gasteiger partial charge in [0, 0.05) is 0 Å². The first kappa shape index (κ1) is 13.3. The largest absolute Gasteiger partial charge is 0.442 e. The highest BCUT2D eigenvalue weighted by molar-refractivity contribution is 6.06. The van der Waals surface area contributed by atoms with Crippen LogP contribution in [-0.2, 0) is 0 Å². The standard InChI is InChI=1S/C12H15N3O4/c1-3-7(4-16)15-11(18)8-6(2)19-12-9(8)10(17)13-5-14-12/h5,7,16H,3-4H2,1-2H3,(H,15,18)(H,13,14,17)/t7-/m1/s1. The molecule has 2 rings (SSSR count). The molecule has 1 atom stereocenters. The molecule has 0 saturated carbocycles. The molecule has 0 aromatic carbocycles. The molecule has 0 spiro atoms. The summed E-state index contributed by atoms with van der Waals surface area (Å²) >= 11 is 0. The summed E-state index contributed by atoms with van der Waals surface area (Å²) in [4.78, 5) is 30.2. The SMILES string of the molecule is CC[C@H](CO)NC(=O)c1c(C)oc2nc[nH]c(=O)c12. The number of aromatic amines is 1. The van der Waals surface area contributed by atoms with Gasteiger partial charge in [-0.15, -0.1) is 0 Å². The highest BCUT2D eigenvalue weighted by Gasteiger charge is 2.22. The van der Waals surface area contributed by atoms with Gasteiger partial charge in [0.2, 0.25) is 5.71 Å². The van der Waals surface area contributed by atoms with Crippen molar-refractivity contribution in [3.8, 4) is 0 Å². The topological polar surface area (TPSA) is 108 Å². The van der Waals surface area contributed by atoms with Crippen molar-refractivity contribution in [2.45, 2.75) is 26.3 Å². The number of nitrogens with zero attached hydrogens (tertiary/aromatic N) is 1. The van der Waals surface area contributed by atoms with E-state index in [4.69, 9.17) is 9.52 Å². The Morgan fingerprint density at radius 1 is 1.63 bits per heavy atom. The van der Waals surface area contributed by atoms with E-state index in [1.165, 1.54) is 6.33 Å². The third kappa shape index (κ3) is 2.37. The van der Waals surface area contributed by atoms with E-state index in [0.29, 0.717) is 12.2 Å². The summed E-state index contributed by atoms with van der Waals surface area (Å²) in [5, 5.41) is 11.9. The van der Waals surface area contributed by atoms with Crippen molar-refractivity contribution < 1.29 is 14.3 Å². The van der Waals surface area contributed by atoms with Crippen LogP contribution in [0.25, 0.3) is 11.1 Å². The minimum absolute atomic E-state index is 0.128. The number of hydrogen-bond acceptors (Lipinski definition) is 5. The van der Waals surface area contributed by atoms with Crippen molar-refractivity contribution in [1.29, 1.82) is 0 Å². The van der Waals surface area contributed by atoms with Crippen LogP contribution in [0.2, 0.25) is 0 Å². The van der Waals surface area contributed by atoms with Gasteiger partial charge in [0.1, 0.15) is 11.1 Å². The van der Waals surface area contributed by atoms with E-state index in [1.807, 2.05) is 6.92 Å². The van der Waals surface area contributed by atoms with Gasteiger partial charge in [0.05, 0.1) is 24.5 Å². The number of carbonyl (C=O) groups excluding carboxylic acids is 1. The predicted octanol–water partition coefficient (Wildman–Crippen LogP) is 0.325.